The maximum absolute atomic E-state index is 4.55. The first-order valence-corrected chi connectivity index (χ1v) is 11.1. The molecule has 0 aliphatic carbocycles. The van der Waals surface area contributed by atoms with Gasteiger partial charge in [0.15, 0.2) is 0 Å². The quantitative estimate of drug-likeness (QED) is 0.859. The van der Waals surface area contributed by atoms with Gasteiger partial charge in [-0.2, -0.15) is 11.8 Å². The van der Waals surface area contributed by atoms with E-state index in [1.165, 1.54) is 47.1 Å². The molecule has 0 bridgehead atoms. The summed E-state index contributed by atoms with van der Waals surface area (Å²) in [6.07, 6.45) is 3.01. The summed E-state index contributed by atoms with van der Waals surface area (Å²) < 4.78 is 0. The number of fused-ring (bicyclic) bond motifs is 1. The van der Waals surface area contributed by atoms with Gasteiger partial charge in [-0.3, -0.25) is 9.88 Å². The Hall–Kier alpha value is -1.56. The summed E-state index contributed by atoms with van der Waals surface area (Å²) in [4.78, 5) is 9.55. The molecule has 0 spiro atoms. The summed E-state index contributed by atoms with van der Waals surface area (Å²) in [5, 5.41) is 3.75. The lowest BCUT2D eigenvalue weighted by Crippen LogP contribution is -2.44. The zero-order chi connectivity index (χ0) is 18.6. The molecule has 5 heteroatoms. The van der Waals surface area contributed by atoms with E-state index in [2.05, 4.69) is 70.1 Å². The van der Waals surface area contributed by atoms with Crippen LogP contribution >= 0.6 is 11.8 Å². The molecule has 0 saturated carbocycles. The SMILES string of the molecule is Cc1cccnc1CN(C)C[C@H]1Cc2c(cccc2N2CCSCC2)CN1. The van der Waals surface area contributed by atoms with Crippen molar-refractivity contribution < 1.29 is 0 Å². The van der Waals surface area contributed by atoms with E-state index in [-0.39, 0.29) is 0 Å². The predicted octanol–water partition coefficient (Wildman–Crippen LogP) is 3.09. The lowest BCUT2D eigenvalue weighted by atomic mass is 9.93. The molecule has 2 aliphatic rings. The molecular formula is C22H30N4S. The van der Waals surface area contributed by atoms with Gasteiger partial charge in [0.05, 0.1) is 5.69 Å². The molecule has 1 saturated heterocycles. The number of aryl methyl sites for hydroxylation is 1. The predicted molar refractivity (Wildman–Crippen MR) is 116 cm³/mol. The highest BCUT2D eigenvalue weighted by Crippen LogP contribution is 2.30. The van der Waals surface area contributed by atoms with Crippen molar-refractivity contribution in [3.05, 3.63) is 58.9 Å². The van der Waals surface area contributed by atoms with Crippen LogP contribution in [0, 0.1) is 6.92 Å². The van der Waals surface area contributed by atoms with Crippen molar-refractivity contribution in [1.82, 2.24) is 15.2 Å². The van der Waals surface area contributed by atoms with E-state index in [4.69, 9.17) is 0 Å². The summed E-state index contributed by atoms with van der Waals surface area (Å²) in [6.45, 7) is 7.43. The molecule has 0 amide bonds. The molecule has 2 aromatic rings. The van der Waals surface area contributed by atoms with Gasteiger partial charge >= 0.3 is 0 Å². The number of pyridine rings is 1. The molecule has 1 fully saturated rings. The number of hydrogen-bond donors (Lipinski definition) is 1. The maximum atomic E-state index is 4.55. The van der Waals surface area contributed by atoms with Gasteiger partial charge in [-0.1, -0.05) is 18.2 Å². The monoisotopic (exact) mass is 382 g/mol. The van der Waals surface area contributed by atoms with Crippen molar-refractivity contribution in [3.63, 3.8) is 0 Å². The third-order valence-electron chi connectivity index (χ3n) is 5.70. The second kappa shape index (κ2) is 8.63. The van der Waals surface area contributed by atoms with E-state index in [9.17, 15) is 0 Å². The van der Waals surface area contributed by atoms with Crippen LogP contribution in [0.4, 0.5) is 5.69 Å². The van der Waals surface area contributed by atoms with Crippen LogP contribution in [-0.2, 0) is 19.5 Å². The van der Waals surface area contributed by atoms with Crippen LogP contribution in [0.3, 0.4) is 0 Å². The third-order valence-corrected chi connectivity index (χ3v) is 6.64. The minimum absolute atomic E-state index is 0.492. The third kappa shape index (κ3) is 4.48. The Bertz CT molecular complexity index is 773. The molecule has 1 aromatic heterocycles. The molecule has 4 nitrogen and oxygen atoms in total. The van der Waals surface area contributed by atoms with Crippen LogP contribution in [-0.4, -0.2) is 54.1 Å². The average molecular weight is 383 g/mol. The topological polar surface area (TPSA) is 31.4 Å². The number of anilines is 1. The summed E-state index contributed by atoms with van der Waals surface area (Å²) >= 11 is 2.08. The summed E-state index contributed by atoms with van der Waals surface area (Å²) in [5.74, 6) is 2.50. The molecule has 27 heavy (non-hydrogen) atoms. The Morgan fingerprint density at radius 3 is 2.89 bits per heavy atom. The highest BCUT2D eigenvalue weighted by molar-refractivity contribution is 7.99. The van der Waals surface area contributed by atoms with Crippen molar-refractivity contribution in [2.45, 2.75) is 32.5 Å². The second-order valence-electron chi connectivity index (χ2n) is 7.76. The fraction of sp³-hybridized carbons (Fsp3) is 0.500. The van der Waals surface area contributed by atoms with Crippen LogP contribution in [0.1, 0.15) is 22.4 Å². The number of benzene rings is 1. The first-order valence-electron chi connectivity index (χ1n) is 9.96. The first-order chi connectivity index (χ1) is 13.2. The number of rotatable bonds is 5. The zero-order valence-corrected chi connectivity index (χ0v) is 17.3. The normalized spacial score (nSPS) is 20.0. The molecule has 0 unspecified atom stereocenters. The van der Waals surface area contributed by atoms with Crippen LogP contribution in [0.2, 0.25) is 0 Å². The maximum Gasteiger partial charge on any atom is 0.0572 e. The van der Waals surface area contributed by atoms with Crippen molar-refractivity contribution in [2.75, 3.05) is 43.1 Å². The Labute approximate surface area is 167 Å². The van der Waals surface area contributed by atoms with E-state index < -0.39 is 0 Å². The molecule has 3 heterocycles. The van der Waals surface area contributed by atoms with Crippen LogP contribution < -0.4 is 10.2 Å². The van der Waals surface area contributed by atoms with E-state index in [1.54, 1.807) is 5.56 Å². The zero-order valence-electron chi connectivity index (χ0n) is 16.4. The number of nitrogens with zero attached hydrogens (tertiary/aromatic N) is 3. The van der Waals surface area contributed by atoms with Crippen LogP contribution in [0.15, 0.2) is 36.5 Å². The fourth-order valence-electron chi connectivity index (χ4n) is 4.21. The summed E-state index contributed by atoms with van der Waals surface area (Å²) in [5.41, 5.74) is 6.97. The molecule has 2 aliphatic heterocycles. The molecule has 4 rings (SSSR count). The standard InChI is InChI=1S/C22H30N4S/c1-17-5-4-8-23-21(17)16-25(2)15-19-13-20-18(14-24-19)6-3-7-22(20)26-9-11-27-12-10-26/h3-8,19,24H,9-16H2,1-2H3/t19-/m1/s1. The van der Waals surface area contributed by atoms with Crippen LogP contribution in [0.5, 0.6) is 0 Å². The number of nitrogens with one attached hydrogen (secondary N) is 1. The summed E-state index contributed by atoms with van der Waals surface area (Å²) in [7, 11) is 2.21. The first kappa shape index (κ1) is 18.8. The van der Waals surface area contributed by atoms with Crippen molar-refractivity contribution in [3.8, 4) is 0 Å². The number of hydrogen-bond acceptors (Lipinski definition) is 5. The van der Waals surface area contributed by atoms with Crippen LogP contribution in [0.25, 0.3) is 0 Å². The highest BCUT2D eigenvalue weighted by atomic mass is 32.2. The molecule has 144 valence electrons. The van der Waals surface area contributed by atoms with Gasteiger partial charge < -0.3 is 10.2 Å². The van der Waals surface area contributed by atoms with Gasteiger partial charge in [-0.15, -0.1) is 0 Å². The van der Waals surface area contributed by atoms with Gasteiger partial charge in [-0.05, 0) is 49.2 Å². The van der Waals surface area contributed by atoms with E-state index >= 15 is 0 Å². The van der Waals surface area contributed by atoms with Crippen molar-refractivity contribution in [1.29, 1.82) is 0 Å². The largest absolute Gasteiger partial charge is 0.370 e. The minimum Gasteiger partial charge on any atom is -0.370 e. The molecule has 1 aromatic carbocycles. The number of thioether (sulfide) groups is 1. The number of likely N-dealkylation sites (N-methyl/N-ethyl adjacent to an activating group) is 1. The second-order valence-corrected chi connectivity index (χ2v) is 8.98. The molecule has 1 N–H and O–H groups in total. The van der Waals surface area contributed by atoms with E-state index in [0.717, 1.165) is 26.1 Å². The van der Waals surface area contributed by atoms with E-state index in [0.29, 0.717) is 6.04 Å². The van der Waals surface area contributed by atoms with Gasteiger partial charge in [0.25, 0.3) is 0 Å². The van der Waals surface area contributed by atoms with Gasteiger partial charge in [0.1, 0.15) is 0 Å². The molecular weight excluding hydrogens is 352 g/mol. The van der Waals surface area contributed by atoms with Crippen molar-refractivity contribution >= 4 is 17.4 Å². The average Bonchev–Trinajstić information content (AvgIpc) is 2.70. The van der Waals surface area contributed by atoms with Gasteiger partial charge in [0, 0.05) is 62.2 Å². The Kier molecular flexibility index (Phi) is 6.01. The molecule has 1 atom stereocenters. The Balaban J connectivity index is 1.44. The fourth-order valence-corrected chi connectivity index (χ4v) is 5.11. The van der Waals surface area contributed by atoms with E-state index in [1.807, 2.05) is 12.3 Å². The minimum atomic E-state index is 0.492. The highest BCUT2D eigenvalue weighted by Gasteiger charge is 2.24. The lowest BCUT2D eigenvalue weighted by molar-refractivity contribution is 0.271. The number of aromatic nitrogens is 1. The van der Waals surface area contributed by atoms with Gasteiger partial charge in [-0.25, -0.2) is 0 Å². The Morgan fingerprint density at radius 1 is 1.22 bits per heavy atom. The smallest absolute Gasteiger partial charge is 0.0572 e. The Morgan fingerprint density at radius 2 is 2.07 bits per heavy atom. The lowest BCUT2D eigenvalue weighted by Gasteiger charge is -2.35. The van der Waals surface area contributed by atoms with Gasteiger partial charge in [0.2, 0.25) is 0 Å². The summed E-state index contributed by atoms with van der Waals surface area (Å²) in [6, 6.07) is 11.5. The van der Waals surface area contributed by atoms with Crippen molar-refractivity contribution in [2.24, 2.45) is 0 Å². The molecule has 0 radical (unpaired) electrons.